The van der Waals surface area contributed by atoms with Crippen LogP contribution >= 0.6 is 0 Å². The average molecular weight is 276 g/mol. The first-order valence-corrected chi connectivity index (χ1v) is 6.55. The first kappa shape index (κ1) is 16.0. The van der Waals surface area contributed by atoms with Gasteiger partial charge in [-0.1, -0.05) is 37.3 Å². The lowest BCUT2D eigenvalue weighted by Gasteiger charge is -2.17. The maximum absolute atomic E-state index is 11.7. The normalized spacial score (nSPS) is 13.3. The monoisotopic (exact) mass is 276 g/mol. The number of allylic oxidation sites excluding steroid dienone is 1. The number of methoxy groups -OCH3 is 1. The number of aliphatic hydroxyl groups is 1. The lowest BCUT2D eigenvalue weighted by molar-refractivity contribution is -0.140. The fourth-order valence-electron chi connectivity index (χ4n) is 2.09. The van der Waals surface area contributed by atoms with Gasteiger partial charge in [-0.15, -0.1) is 0 Å². The fraction of sp³-hybridized carbons (Fsp3) is 0.375. The Labute approximate surface area is 119 Å². The maximum Gasteiger partial charge on any atom is 0.310 e. The number of rotatable bonds is 6. The highest BCUT2D eigenvalue weighted by Crippen LogP contribution is 2.29. The Morgan fingerprint density at radius 2 is 1.85 bits per heavy atom. The fourth-order valence-corrected chi connectivity index (χ4v) is 2.09. The largest absolute Gasteiger partial charge is 0.511 e. The molecule has 0 bridgehead atoms. The molecule has 4 nitrogen and oxygen atoms in total. The van der Waals surface area contributed by atoms with E-state index in [1.54, 1.807) is 0 Å². The van der Waals surface area contributed by atoms with E-state index in [4.69, 9.17) is 0 Å². The molecular formula is C16H20O4. The number of hydrogen-bond donors (Lipinski definition) is 1. The van der Waals surface area contributed by atoms with Crippen molar-refractivity contribution < 1.29 is 19.4 Å². The second kappa shape index (κ2) is 7.48. The molecule has 4 heteroatoms. The summed E-state index contributed by atoms with van der Waals surface area (Å²) in [7, 11) is 1.26. The number of esters is 1. The second-order valence-corrected chi connectivity index (χ2v) is 4.54. The van der Waals surface area contributed by atoms with Crippen LogP contribution in [-0.4, -0.2) is 24.0 Å². The van der Waals surface area contributed by atoms with Crippen molar-refractivity contribution in [1.29, 1.82) is 0 Å². The Bertz CT molecular complexity index is 502. The van der Waals surface area contributed by atoms with Crippen LogP contribution in [0.25, 0.3) is 0 Å². The van der Waals surface area contributed by atoms with E-state index in [-0.39, 0.29) is 29.5 Å². The van der Waals surface area contributed by atoms with Gasteiger partial charge in [-0.05, 0) is 18.9 Å². The smallest absolute Gasteiger partial charge is 0.310 e. The van der Waals surface area contributed by atoms with Crippen molar-refractivity contribution in [2.75, 3.05) is 7.11 Å². The van der Waals surface area contributed by atoms with Gasteiger partial charge in [0.05, 0.1) is 13.5 Å². The van der Waals surface area contributed by atoms with Gasteiger partial charge in [0, 0.05) is 11.5 Å². The van der Waals surface area contributed by atoms with E-state index in [0.29, 0.717) is 6.42 Å². The third-order valence-electron chi connectivity index (χ3n) is 3.22. The standard InChI is InChI=1S/C16H20O4/c1-4-13(12-8-6-5-7-9-12)16(19)14(11(2)17)10-15(18)20-3/h5-9,13,19H,4,10H2,1-3H3/b16-14-. The second-order valence-electron chi connectivity index (χ2n) is 4.54. The highest BCUT2D eigenvalue weighted by atomic mass is 16.5. The number of carbonyl (C=O) groups is 2. The molecule has 1 aromatic carbocycles. The van der Waals surface area contributed by atoms with Crippen LogP contribution in [0.3, 0.4) is 0 Å². The topological polar surface area (TPSA) is 63.6 Å². The van der Waals surface area contributed by atoms with Gasteiger partial charge in [0.2, 0.25) is 0 Å². The highest BCUT2D eigenvalue weighted by molar-refractivity contribution is 5.98. The molecule has 1 aromatic rings. The van der Waals surface area contributed by atoms with Crippen LogP contribution in [0.2, 0.25) is 0 Å². The van der Waals surface area contributed by atoms with E-state index in [1.807, 2.05) is 37.3 Å². The number of aliphatic hydroxyl groups excluding tert-OH is 1. The molecule has 0 aliphatic heterocycles. The Balaban J connectivity index is 3.18. The van der Waals surface area contributed by atoms with Gasteiger partial charge in [-0.3, -0.25) is 9.59 Å². The lowest BCUT2D eigenvalue weighted by Crippen LogP contribution is -2.13. The molecule has 108 valence electrons. The van der Waals surface area contributed by atoms with Crippen LogP contribution in [0.4, 0.5) is 0 Å². The summed E-state index contributed by atoms with van der Waals surface area (Å²) in [6.07, 6.45) is 0.425. The summed E-state index contributed by atoms with van der Waals surface area (Å²) in [4.78, 5) is 23.0. The lowest BCUT2D eigenvalue weighted by atomic mass is 9.90. The van der Waals surface area contributed by atoms with Crippen molar-refractivity contribution in [3.05, 3.63) is 47.2 Å². The van der Waals surface area contributed by atoms with Gasteiger partial charge in [-0.25, -0.2) is 0 Å². The third-order valence-corrected chi connectivity index (χ3v) is 3.22. The molecule has 1 N–H and O–H groups in total. The molecule has 0 spiro atoms. The number of ether oxygens (including phenoxy) is 1. The zero-order valence-corrected chi connectivity index (χ0v) is 12.1. The summed E-state index contributed by atoms with van der Waals surface area (Å²) in [6.45, 7) is 3.26. The van der Waals surface area contributed by atoms with E-state index in [1.165, 1.54) is 14.0 Å². The molecule has 0 amide bonds. The predicted octanol–water partition coefficient (Wildman–Crippen LogP) is 3.14. The van der Waals surface area contributed by atoms with Crippen molar-refractivity contribution in [2.24, 2.45) is 0 Å². The Kier molecular flexibility index (Phi) is 5.97. The van der Waals surface area contributed by atoms with Gasteiger partial charge in [0.25, 0.3) is 0 Å². The Hall–Kier alpha value is -2.10. The van der Waals surface area contributed by atoms with E-state index in [9.17, 15) is 14.7 Å². The molecule has 0 saturated carbocycles. The number of Topliss-reactive ketones (excluding diaryl/α,β-unsaturated/α-hetero) is 1. The first-order valence-electron chi connectivity index (χ1n) is 6.55. The van der Waals surface area contributed by atoms with Crippen LogP contribution in [0.5, 0.6) is 0 Å². The SMILES string of the molecule is CCC(/C(O)=C(\CC(=O)OC)C(C)=O)c1ccccc1. The summed E-state index contributed by atoms with van der Waals surface area (Å²) in [5.41, 5.74) is 1.03. The number of ketones is 1. The van der Waals surface area contributed by atoms with Crippen LogP contribution in [0.1, 0.15) is 38.2 Å². The molecule has 1 atom stereocenters. The van der Waals surface area contributed by atoms with Gasteiger partial charge >= 0.3 is 5.97 Å². The van der Waals surface area contributed by atoms with Crippen molar-refractivity contribution in [1.82, 2.24) is 0 Å². The van der Waals surface area contributed by atoms with Crippen LogP contribution in [0.15, 0.2) is 41.7 Å². The van der Waals surface area contributed by atoms with Crippen LogP contribution < -0.4 is 0 Å². The number of carbonyl (C=O) groups excluding carboxylic acids is 2. The van der Waals surface area contributed by atoms with E-state index in [2.05, 4.69) is 4.74 Å². The van der Waals surface area contributed by atoms with E-state index < -0.39 is 5.97 Å². The minimum Gasteiger partial charge on any atom is -0.511 e. The summed E-state index contributed by atoms with van der Waals surface area (Å²) >= 11 is 0. The van der Waals surface area contributed by atoms with Crippen molar-refractivity contribution in [2.45, 2.75) is 32.6 Å². The molecule has 0 radical (unpaired) electrons. The molecule has 0 saturated heterocycles. The summed E-state index contributed by atoms with van der Waals surface area (Å²) < 4.78 is 4.56. The first-order chi connectivity index (χ1) is 9.51. The molecule has 0 aliphatic rings. The molecule has 20 heavy (non-hydrogen) atoms. The van der Waals surface area contributed by atoms with Gasteiger partial charge < -0.3 is 9.84 Å². The minimum absolute atomic E-state index is 0.0448. The zero-order valence-electron chi connectivity index (χ0n) is 12.1. The van der Waals surface area contributed by atoms with Gasteiger partial charge in [0.15, 0.2) is 5.78 Å². The Morgan fingerprint density at radius 1 is 1.25 bits per heavy atom. The van der Waals surface area contributed by atoms with E-state index >= 15 is 0 Å². The zero-order chi connectivity index (χ0) is 15.1. The average Bonchev–Trinajstić information content (AvgIpc) is 2.45. The summed E-state index contributed by atoms with van der Waals surface area (Å²) in [5.74, 6) is -1.19. The summed E-state index contributed by atoms with van der Waals surface area (Å²) in [6, 6.07) is 9.41. The molecular weight excluding hydrogens is 256 g/mol. The van der Waals surface area contributed by atoms with Gasteiger partial charge in [0.1, 0.15) is 5.76 Å². The number of hydrogen-bond acceptors (Lipinski definition) is 4. The quantitative estimate of drug-likeness (QED) is 0.492. The molecule has 0 aromatic heterocycles. The highest BCUT2D eigenvalue weighted by Gasteiger charge is 2.22. The molecule has 0 fully saturated rings. The van der Waals surface area contributed by atoms with Gasteiger partial charge in [-0.2, -0.15) is 0 Å². The van der Waals surface area contributed by atoms with Crippen molar-refractivity contribution in [3.63, 3.8) is 0 Å². The van der Waals surface area contributed by atoms with Crippen molar-refractivity contribution in [3.8, 4) is 0 Å². The minimum atomic E-state index is -0.537. The van der Waals surface area contributed by atoms with Crippen LogP contribution in [-0.2, 0) is 14.3 Å². The summed E-state index contributed by atoms with van der Waals surface area (Å²) in [5, 5.41) is 10.4. The van der Waals surface area contributed by atoms with E-state index in [0.717, 1.165) is 5.56 Å². The molecule has 0 aliphatic carbocycles. The molecule has 1 unspecified atom stereocenters. The maximum atomic E-state index is 11.7. The number of benzene rings is 1. The Morgan fingerprint density at radius 3 is 2.30 bits per heavy atom. The van der Waals surface area contributed by atoms with Crippen molar-refractivity contribution >= 4 is 11.8 Å². The molecule has 0 heterocycles. The third kappa shape index (κ3) is 3.95. The predicted molar refractivity (Wildman–Crippen MR) is 76.4 cm³/mol. The van der Waals surface area contributed by atoms with Crippen LogP contribution in [0, 0.1) is 0 Å². The molecule has 1 rings (SSSR count).